The predicted molar refractivity (Wildman–Crippen MR) is 65.5 cm³/mol. The minimum Gasteiger partial charge on any atom is -0.327 e. The van der Waals surface area contributed by atoms with Gasteiger partial charge >= 0.3 is 0 Å². The zero-order valence-corrected chi connectivity index (χ0v) is 10.6. The smallest absolute Gasteiger partial charge is 0.00750 e. The summed E-state index contributed by atoms with van der Waals surface area (Å²) in [7, 11) is 0. The molecule has 0 aromatic rings. The van der Waals surface area contributed by atoms with Gasteiger partial charge < -0.3 is 5.73 Å². The van der Waals surface area contributed by atoms with Gasteiger partial charge in [0.25, 0.3) is 0 Å². The third-order valence-corrected chi connectivity index (χ3v) is 5.11. The molecule has 2 fully saturated rings. The van der Waals surface area contributed by atoms with Gasteiger partial charge in [-0.05, 0) is 48.9 Å². The largest absolute Gasteiger partial charge is 0.327 e. The van der Waals surface area contributed by atoms with E-state index >= 15 is 0 Å². The van der Waals surface area contributed by atoms with E-state index in [1.54, 1.807) is 0 Å². The van der Waals surface area contributed by atoms with Crippen LogP contribution in [0.25, 0.3) is 0 Å². The number of hydrogen-bond donors (Lipinski definition) is 1. The summed E-state index contributed by atoms with van der Waals surface area (Å²) in [6.45, 7) is 7.18. The van der Waals surface area contributed by atoms with Crippen molar-refractivity contribution in [3.05, 3.63) is 0 Å². The SMILES string of the molecule is CC[C@@H]1[C@@H]2[C@@H](CC[C@@H]1C)C[C@H](C)C[C@@H]2N. The highest BCUT2D eigenvalue weighted by Gasteiger charge is 2.42. The summed E-state index contributed by atoms with van der Waals surface area (Å²) in [5, 5.41) is 0. The van der Waals surface area contributed by atoms with Crippen molar-refractivity contribution in [2.75, 3.05) is 0 Å². The fraction of sp³-hybridized carbons (Fsp3) is 1.00. The van der Waals surface area contributed by atoms with Crippen LogP contribution in [-0.2, 0) is 0 Å². The Morgan fingerprint density at radius 1 is 1.13 bits per heavy atom. The maximum atomic E-state index is 6.41. The van der Waals surface area contributed by atoms with E-state index in [-0.39, 0.29) is 0 Å². The van der Waals surface area contributed by atoms with Crippen molar-refractivity contribution < 1.29 is 0 Å². The van der Waals surface area contributed by atoms with Gasteiger partial charge in [-0.1, -0.05) is 33.6 Å². The minimum absolute atomic E-state index is 0.492. The maximum Gasteiger partial charge on any atom is 0.00750 e. The van der Waals surface area contributed by atoms with Crippen molar-refractivity contribution in [3.8, 4) is 0 Å². The Bertz CT molecular complexity index is 213. The molecular formula is C14H27N. The van der Waals surface area contributed by atoms with Crippen molar-refractivity contribution in [1.82, 2.24) is 0 Å². The van der Waals surface area contributed by atoms with Crippen LogP contribution < -0.4 is 5.73 Å². The van der Waals surface area contributed by atoms with Crippen molar-refractivity contribution in [1.29, 1.82) is 0 Å². The van der Waals surface area contributed by atoms with Crippen LogP contribution in [0.2, 0.25) is 0 Å². The van der Waals surface area contributed by atoms with E-state index in [1.807, 2.05) is 0 Å². The summed E-state index contributed by atoms with van der Waals surface area (Å²) in [6.07, 6.45) is 6.94. The van der Waals surface area contributed by atoms with Crippen LogP contribution in [0.3, 0.4) is 0 Å². The average molecular weight is 209 g/mol. The molecule has 2 aliphatic carbocycles. The van der Waals surface area contributed by atoms with E-state index < -0.39 is 0 Å². The first-order valence-electron chi connectivity index (χ1n) is 6.89. The summed E-state index contributed by atoms with van der Waals surface area (Å²) >= 11 is 0. The van der Waals surface area contributed by atoms with Crippen LogP contribution in [0, 0.1) is 29.6 Å². The van der Waals surface area contributed by atoms with Crippen molar-refractivity contribution in [3.63, 3.8) is 0 Å². The van der Waals surface area contributed by atoms with Gasteiger partial charge in [0.1, 0.15) is 0 Å². The first kappa shape index (κ1) is 11.4. The number of rotatable bonds is 1. The van der Waals surface area contributed by atoms with Crippen LogP contribution in [0.4, 0.5) is 0 Å². The van der Waals surface area contributed by atoms with Gasteiger partial charge in [-0.15, -0.1) is 0 Å². The van der Waals surface area contributed by atoms with Crippen LogP contribution >= 0.6 is 0 Å². The predicted octanol–water partition coefficient (Wildman–Crippen LogP) is 3.43. The Morgan fingerprint density at radius 3 is 2.53 bits per heavy atom. The maximum absolute atomic E-state index is 6.41. The van der Waals surface area contributed by atoms with Crippen molar-refractivity contribution in [2.24, 2.45) is 35.3 Å². The lowest BCUT2D eigenvalue weighted by atomic mass is 9.58. The molecule has 2 aliphatic rings. The molecule has 6 atom stereocenters. The molecule has 2 N–H and O–H groups in total. The molecule has 0 radical (unpaired) electrons. The fourth-order valence-electron chi connectivity index (χ4n) is 4.46. The van der Waals surface area contributed by atoms with Crippen molar-refractivity contribution >= 4 is 0 Å². The molecule has 2 saturated carbocycles. The highest BCUT2D eigenvalue weighted by atomic mass is 14.7. The van der Waals surface area contributed by atoms with E-state index in [2.05, 4.69) is 20.8 Å². The zero-order valence-electron chi connectivity index (χ0n) is 10.6. The Labute approximate surface area is 94.8 Å². The molecule has 0 aromatic carbocycles. The van der Waals surface area contributed by atoms with Crippen LogP contribution in [0.1, 0.15) is 52.9 Å². The topological polar surface area (TPSA) is 26.0 Å². The molecule has 0 unspecified atom stereocenters. The van der Waals surface area contributed by atoms with E-state index in [0.717, 1.165) is 29.6 Å². The Hall–Kier alpha value is -0.0400. The lowest BCUT2D eigenvalue weighted by molar-refractivity contribution is 0.0261. The van der Waals surface area contributed by atoms with Crippen LogP contribution in [0.15, 0.2) is 0 Å². The summed E-state index contributed by atoms with van der Waals surface area (Å²) in [5.41, 5.74) is 6.41. The molecule has 1 heteroatoms. The van der Waals surface area contributed by atoms with Crippen LogP contribution in [0.5, 0.6) is 0 Å². The molecule has 88 valence electrons. The second-order valence-corrected chi connectivity index (χ2v) is 6.20. The molecule has 0 spiro atoms. The molecule has 1 nitrogen and oxygen atoms in total. The van der Waals surface area contributed by atoms with E-state index in [4.69, 9.17) is 5.73 Å². The van der Waals surface area contributed by atoms with E-state index in [9.17, 15) is 0 Å². The monoisotopic (exact) mass is 209 g/mol. The molecular weight excluding hydrogens is 182 g/mol. The van der Waals surface area contributed by atoms with Crippen molar-refractivity contribution in [2.45, 2.75) is 58.9 Å². The first-order chi connectivity index (χ1) is 7.13. The Morgan fingerprint density at radius 2 is 1.87 bits per heavy atom. The van der Waals surface area contributed by atoms with Gasteiger partial charge in [-0.3, -0.25) is 0 Å². The lowest BCUT2D eigenvalue weighted by Gasteiger charge is -2.49. The van der Waals surface area contributed by atoms with Crippen LogP contribution in [-0.4, -0.2) is 6.04 Å². The summed E-state index contributed by atoms with van der Waals surface area (Å²) in [5.74, 6) is 4.48. The normalized spacial score (nSPS) is 51.2. The third-order valence-electron chi connectivity index (χ3n) is 5.11. The molecule has 0 saturated heterocycles. The first-order valence-corrected chi connectivity index (χ1v) is 6.89. The minimum atomic E-state index is 0.492. The average Bonchev–Trinajstić information content (AvgIpc) is 2.18. The second kappa shape index (κ2) is 4.45. The number of hydrogen-bond acceptors (Lipinski definition) is 1. The Kier molecular flexibility index (Phi) is 3.39. The van der Waals surface area contributed by atoms with Gasteiger partial charge in [-0.25, -0.2) is 0 Å². The third kappa shape index (κ3) is 2.08. The molecule has 0 heterocycles. The quantitative estimate of drug-likeness (QED) is 0.703. The molecule has 0 amide bonds. The van der Waals surface area contributed by atoms with Gasteiger partial charge in [0.05, 0.1) is 0 Å². The molecule has 0 bridgehead atoms. The Balaban J connectivity index is 2.13. The van der Waals surface area contributed by atoms with Gasteiger partial charge in [0, 0.05) is 6.04 Å². The van der Waals surface area contributed by atoms with Gasteiger partial charge in [-0.2, -0.15) is 0 Å². The molecule has 0 aromatic heterocycles. The highest BCUT2D eigenvalue weighted by Crippen LogP contribution is 2.48. The van der Waals surface area contributed by atoms with E-state index in [0.29, 0.717) is 6.04 Å². The second-order valence-electron chi connectivity index (χ2n) is 6.20. The molecule has 2 rings (SSSR count). The fourth-order valence-corrected chi connectivity index (χ4v) is 4.46. The number of fused-ring (bicyclic) bond motifs is 1. The van der Waals surface area contributed by atoms with Gasteiger partial charge in [0.2, 0.25) is 0 Å². The summed E-state index contributed by atoms with van der Waals surface area (Å²) < 4.78 is 0. The van der Waals surface area contributed by atoms with E-state index in [1.165, 1.54) is 32.1 Å². The summed E-state index contributed by atoms with van der Waals surface area (Å²) in [6, 6.07) is 0.492. The lowest BCUT2D eigenvalue weighted by Crippen LogP contribution is -2.49. The molecule has 15 heavy (non-hydrogen) atoms. The summed E-state index contributed by atoms with van der Waals surface area (Å²) in [4.78, 5) is 0. The number of nitrogens with two attached hydrogens (primary N) is 1. The highest BCUT2D eigenvalue weighted by molar-refractivity contribution is 4.95. The standard InChI is InChI=1S/C14H27N/c1-4-12-10(3)5-6-11-7-9(2)8-13(15)14(11)12/h9-14H,4-8,15H2,1-3H3/t9-,10-,11-,12-,13-,14-/m0/s1. The zero-order chi connectivity index (χ0) is 11.0. The van der Waals surface area contributed by atoms with Gasteiger partial charge in [0.15, 0.2) is 0 Å². The molecule has 0 aliphatic heterocycles.